The fraction of sp³-hybridized carbons (Fsp3) is 0.538. The van der Waals surface area contributed by atoms with Crippen LogP contribution in [0.5, 0.6) is 0 Å². The molecule has 1 fully saturated rings. The normalized spacial score (nSPS) is 19.3. The van der Waals surface area contributed by atoms with Crippen molar-refractivity contribution in [1.82, 2.24) is 19.9 Å². The number of alkyl halides is 3. The Balaban J connectivity index is 1.73. The van der Waals surface area contributed by atoms with Gasteiger partial charge in [0, 0.05) is 31.0 Å². The average molecular weight is 299 g/mol. The van der Waals surface area contributed by atoms with Gasteiger partial charge < -0.3 is 10.6 Å². The molecule has 3 heterocycles. The predicted octanol–water partition coefficient (Wildman–Crippen LogP) is 2.30. The summed E-state index contributed by atoms with van der Waals surface area (Å²) in [5, 5.41) is 10.0. The van der Waals surface area contributed by atoms with Crippen LogP contribution >= 0.6 is 0 Å². The maximum atomic E-state index is 12.7. The summed E-state index contributed by atoms with van der Waals surface area (Å²) in [4.78, 5) is 4.11. The summed E-state index contributed by atoms with van der Waals surface area (Å²) < 4.78 is 39.3. The van der Waals surface area contributed by atoms with Crippen molar-refractivity contribution in [2.45, 2.75) is 31.5 Å². The van der Waals surface area contributed by atoms with E-state index >= 15 is 0 Å². The fourth-order valence-electron chi connectivity index (χ4n) is 2.56. The van der Waals surface area contributed by atoms with Crippen molar-refractivity contribution in [2.75, 3.05) is 18.4 Å². The number of halogens is 3. The van der Waals surface area contributed by atoms with Crippen LogP contribution in [0.2, 0.25) is 0 Å². The molecule has 2 aromatic heterocycles. The van der Waals surface area contributed by atoms with Crippen LogP contribution < -0.4 is 10.6 Å². The van der Waals surface area contributed by atoms with Gasteiger partial charge in [-0.25, -0.2) is 9.50 Å². The van der Waals surface area contributed by atoms with Crippen molar-refractivity contribution in [2.24, 2.45) is 0 Å². The maximum absolute atomic E-state index is 12.7. The third-order valence-corrected chi connectivity index (χ3v) is 3.63. The minimum atomic E-state index is -4.45. The van der Waals surface area contributed by atoms with Gasteiger partial charge in [0.25, 0.3) is 0 Å². The Morgan fingerprint density at radius 1 is 1.43 bits per heavy atom. The first-order chi connectivity index (χ1) is 10.0. The Hall–Kier alpha value is -1.83. The van der Waals surface area contributed by atoms with E-state index in [1.165, 1.54) is 23.3 Å². The molecule has 1 atom stereocenters. The first kappa shape index (κ1) is 14.1. The van der Waals surface area contributed by atoms with E-state index in [1.807, 2.05) is 0 Å². The SMILES string of the molecule is FC(F)(F)c1cc2c(NCC[C@H]3CCCN3)nccn2n1. The van der Waals surface area contributed by atoms with Crippen LogP contribution in [0.15, 0.2) is 18.5 Å². The second-order valence-electron chi connectivity index (χ2n) is 5.14. The molecule has 8 heteroatoms. The summed E-state index contributed by atoms with van der Waals surface area (Å²) in [6.45, 7) is 1.70. The largest absolute Gasteiger partial charge is 0.435 e. The Morgan fingerprint density at radius 2 is 2.29 bits per heavy atom. The van der Waals surface area contributed by atoms with Gasteiger partial charge in [0.2, 0.25) is 0 Å². The third-order valence-electron chi connectivity index (χ3n) is 3.63. The van der Waals surface area contributed by atoms with E-state index in [-0.39, 0.29) is 0 Å². The molecule has 5 nitrogen and oxygen atoms in total. The predicted molar refractivity (Wildman–Crippen MR) is 72.1 cm³/mol. The number of fused-ring (bicyclic) bond motifs is 1. The Labute approximate surface area is 119 Å². The molecule has 3 rings (SSSR count). The van der Waals surface area contributed by atoms with Crippen molar-refractivity contribution in [3.05, 3.63) is 24.2 Å². The van der Waals surface area contributed by atoms with Gasteiger partial charge in [-0.15, -0.1) is 0 Å². The van der Waals surface area contributed by atoms with Gasteiger partial charge in [-0.2, -0.15) is 18.3 Å². The topological polar surface area (TPSA) is 54.2 Å². The van der Waals surface area contributed by atoms with Gasteiger partial charge in [0.1, 0.15) is 5.52 Å². The molecule has 0 aliphatic carbocycles. The fourth-order valence-corrected chi connectivity index (χ4v) is 2.56. The van der Waals surface area contributed by atoms with Crippen LogP contribution in [0.1, 0.15) is 25.0 Å². The summed E-state index contributed by atoms with van der Waals surface area (Å²) in [6, 6.07) is 1.50. The maximum Gasteiger partial charge on any atom is 0.435 e. The highest BCUT2D eigenvalue weighted by Gasteiger charge is 2.34. The first-order valence-electron chi connectivity index (χ1n) is 6.93. The first-order valence-corrected chi connectivity index (χ1v) is 6.93. The molecular weight excluding hydrogens is 283 g/mol. The zero-order chi connectivity index (χ0) is 14.9. The highest BCUT2D eigenvalue weighted by molar-refractivity contribution is 5.67. The molecule has 1 aliphatic heterocycles. The quantitative estimate of drug-likeness (QED) is 0.909. The highest BCUT2D eigenvalue weighted by atomic mass is 19.4. The van der Waals surface area contributed by atoms with Gasteiger partial charge in [-0.3, -0.25) is 0 Å². The van der Waals surface area contributed by atoms with E-state index in [2.05, 4.69) is 20.7 Å². The van der Waals surface area contributed by atoms with Crippen molar-refractivity contribution < 1.29 is 13.2 Å². The van der Waals surface area contributed by atoms with Crippen LogP contribution in [0.4, 0.5) is 19.0 Å². The molecule has 114 valence electrons. The van der Waals surface area contributed by atoms with Crippen molar-refractivity contribution in [1.29, 1.82) is 0 Å². The molecule has 0 bridgehead atoms. The molecule has 0 spiro atoms. The second-order valence-corrected chi connectivity index (χ2v) is 5.14. The second kappa shape index (κ2) is 5.51. The lowest BCUT2D eigenvalue weighted by molar-refractivity contribution is -0.141. The zero-order valence-corrected chi connectivity index (χ0v) is 11.3. The lowest BCUT2D eigenvalue weighted by Gasteiger charge is -2.11. The number of hydrogen-bond acceptors (Lipinski definition) is 4. The standard InChI is InChI=1S/C13H16F3N5/c14-13(15,16)11-8-10-12(19-6-7-21(10)20-11)18-5-3-9-2-1-4-17-9/h6-9,17H,1-5H2,(H,18,19)/t9-/m1/s1. The molecular formula is C13H16F3N5. The number of hydrogen-bond donors (Lipinski definition) is 2. The van der Waals surface area contributed by atoms with Gasteiger partial charge >= 0.3 is 6.18 Å². The third kappa shape index (κ3) is 3.10. The summed E-state index contributed by atoms with van der Waals surface area (Å²) in [5.74, 6) is 0.429. The number of nitrogens with zero attached hydrogens (tertiary/aromatic N) is 3. The van der Waals surface area contributed by atoms with E-state index < -0.39 is 11.9 Å². The molecule has 1 aliphatic rings. The summed E-state index contributed by atoms with van der Waals surface area (Å²) >= 11 is 0. The van der Waals surface area contributed by atoms with E-state index in [1.54, 1.807) is 0 Å². The number of anilines is 1. The molecule has 1 saturated heterocycles. The van der Waals surface area contributed by atoms with Crippen LogP contribution in [0.3, 0.4) is 0 Å². The number of rotatable bonds is 4. The van der Waals surface area contributed by atoms with Gasteiger partial charge in [-0.05, 0) is 25.8 Å². The molecule has 21 heavy (non-hydrogen) atoms. The molecule has 0 aromatic carbocycles. The molecule has 0 unspecified atom stereocenters. The van der Waals surface area contributed by atoms with Crippen LogP contribution in [0.25, 0.3) is 5.52 Å². The minimum absolute atomic E-state index is 0.337. The van der Waals surface area contributed by atoms with Crippen LogP contribution in [-0.4, -0.2) is 33.7 Å². The number of aromatic nitrogens is 3. The molecule has 2 N–H and O–H groups in total. The lowest BCUT2D eigenvalue weighted by atomic mass is 10.1. The van der Waals surface area contributed by atoms with E-state index in [0.29, 0.717) is 23.9 Å². The average Bonchev–Trinajstić information content (AvgIpc) is 3.06. The monoisotopic (exact) mass is 299 g/mol. The molecule has 0 saturated carbocycles. The summed E-state index contributed by atoms with van der Waals surface area (Å²) in [6.07, 6.45) is 1.64. The van der Waals surface area contributed by atoms with Crippen molar-refractivity contribution in [3.8, 4) is 0 Å². The minimum Gasteiger partial charge on any atom is -0.368 e. The zero-order valence-electron chi connectivity index (χ0n) is 11.3. The highest BCUT2D eigenvalue weighted by Crippen LogP contribution is 2.30. The lowest BCUT2D eigenvalue weighted by Crippen LogP contribution is -2.24. The van der Waals surface area contributed by atoms with Gasteiger partial charge in [0.05, 0.1) is 0 Å². The smallest absolute Gasteiger partial charge is 0.368 e. The van der Waals surface area contributed by atoms with Gasteiger partial charge in [-0.1, -0.05) is 0 Å². The summed E-state index contributed by atoms with van der Waals surface area (Å²) in [7, 11) is 0. The summed E-state index contributed by atoms with van der Waals surface area (Å²) in [5.41, 5.74) is -0.569. The van der Waals surface area contributed by atoms with Crippen LogP contribution in [0, 0.1) is 0 Å². The van der Waals surface area contributed by atoms with E-state index in [4.69, 9.17) is 0 Å². The van der Waals surface area contributed by atoms with E-state index in [9.17, 15) is 13.2 Å². The van der Waals surface area contributed by atoms with Crippen molar-refractivity contribution in [3.63, 3.8) is 0 Å². The molecule has 0 radical (unpaired) electrons. The molecule has 2 aromatic rings. The Kier molecular flexibility index (Phi) is 3.71. The van der Waals surface area contributed by atoms with E-state index in [0.717, 1.165) is 25.5 Å². The Morgan fingerprint density at radius 3 is 3.00 bits per heavy atom. The Bertz CT molecular complexity index is 616. The van der Waals surface area contributed by atoms with Gasteiger partial charge in [0.15, 0.2) is 11.5 Å². The van der Waals surface area contributed by atoms with Crippen LogP contribution in [-0.2, 0) is 6.18 Å². The molecule has 0 amide bonds. The number of nitrogens with one attached hydrogen (secondary N) is 2. The van der Waals surface area contributed by atoms with Crippen molar-refractivity contribution >= 4 is 11.3 Å².